The summed E-state index contributed by atoms with van der Waals surface area (Å²) in [5, 5.41) is 35.7. The van der Waals surface area contributed by atoms with E-state index in [2.05, 4.69) is 32.4 Å². The topological polar surface area (TPSA) is 120 Å². The van der Waals surface area contributed by atoms with Gasteiger partial charge in [-0.05, 0) is 37.1 Å². The minimum atomic E-state index is -0.499. The van der Waals surface area contributed by atoms with Gasteiger partial charge in [0.05, 0.1) is 47.4 Å². The third kappa shape index (κ3) is 2.74. The number of nitrogens with one attached hydrogen (secondary N) is 1. The van der Waals surface area contributed by atoms with Gasteiger partial charge in [-0.3, -0.25) is 10.1 Å². The SMILES string of the molecule is N#CC[C@]1(n2ncc(-c3cc(-c4cc[nH]n4)cc4ncccc34)n2)C[C@H](C#N)C1. The highest BCUT2D eigenvalue weighted by Gasteiger charge is 2.48. The van der Waals surface area contributed by atoms with Crippen LogP contribution in [0.3, 0.4) is 0 Å². The fraction of sp³-hybridized carbons (Fsp3) is 0.238. The molecule has 3 heterocycles. The summed E-state index contributed by atoms with van der Waals surface area (Å²) < 4.78 is 0. The fourth-order valence-electron chi connectivity index (χ4n) is 4.05. The predicted octanol–water partition coefficient (Wildman–Crippen LogP) is 3.43. The van der Waals surface area contributed by atoms with E-state index in [4.69, 9.17) is 10.4 Å². The molecule has 0 bridgehead atoms. The van der Waals surface area contributed by atoms with Gasteiger partial charge < -0.3 is 0 Å². The highest BCUT2D eigenvalue weighted by Crippen LogP contribution is 2.45. The van der Waals surface area contributed by atoms with E-state index in [1.165, 1.54) is 0 Å². The second kappa shape index (κ2) is 6.54. The van der Waals surface area contributed by atoms with Crippen LogP contribution >= 0.6 is 0 Å². The third-order valence-electron chi connectivity index (χ3n) is 5.55. The molecule has 0 atom stereocenters. The van der Waals surface area contributed by atoms with Crippen molar-refractivity contribution in [3.05, 3.63) is 48.9 Å². The summed E-state index contributed by atoms with van der Waals surface area (Å²) in [7, 11) is 0. The van der Waals surface area contributed by atoms with Crippen LogP contribution in [0.25, 0.3) is 33.4 Å². The molecule has 1 aromatic carbocycles. The first kappa shape index (κ1) is 17.1. The van der Waals surface area contributed by atoms with Gasteiger partial charge in [0.1, 0.15) is 5.69 Å². The lowest BCUT2D eigenvalue weighted by Gasteiger charge is -2.42. The van der Waals surface area contributed by atoms with Crippen LogP contribution in [0.4, 0.5) is 0 Å². The van der Waals surface area contributed by atoms with Crippen LogP contribution in [-0.4, -0.2) is 30.2 Å². The molecule has 4 aromatic rings. The van der Waals surface area contributed by atoms with E-state index in [0.717, 1.165) is 27.7 Å². The Morgan fingerprint density at radius 3 is 2.86 bits per heavy atom. The Bertz CT molecular complexity index is 1270. The number of H-pyrrole nitrogens is 1. The van der Waals surface area contributed by atoms with Crippen LogP contribution in [0.1, 0.15) is 19.3 Å². The molecule has 1 saturated carbocycles. The number of benzene rings is 1. The summed E-state index contributed by atoms with van der Waals surface area (Å²) in [5.74, 6) is -0.0502. The molecule has 0 radical (unpaired) electrons. The van der Waals surface area contributed by atoms with Crippen molar-refractivity contribution >= 4 is 10.9 Å². The Morgan fingerprint density at radius 1 is 1.21 bits per heavy atom. The molecule has 3 aromatic heterocycles. The second-order valence-electron chi connectivity index (χ2n) is 7.37. The van der Waals surface area contributed by atoms with Gasteiger partial charge in [-0.25, -0.2) is 0 Å². The Balaban J connectivity index is 1.62. The van der Waals surface area contributed by atoms with E-state index in [1.54, 1.807) is 23.4 Å². The Hall–Kier alpha value is -4.04. The average Bonchev–Trinajstić information content (AvgIpc) is 3.42. The van der Waals surface area contributed by atoms with Crippen molar-refractivity contribution in [1.29, 1.82) is 10.5 Å². The van der Waals surface area contributed by atoms with Gasteiger partial charge in [-0.2, -0.15) is 30.6 Å². The second-order valence-corrected chi connectivity index (χ2v) is 7.37. The molecule has 1 aliphatic rings. The maximum absolute atomic E-state index is 9.27. The predicted molar refractivity (Wildman–Crippen MR) is 105 cm³/mol. The first-order valence-corrected chi connectivity index (χ1v) is 9.31. The number of pyridine rings is 1. The lowest BCUT2D eigenvalue weighted by Crippen LogP contribution is -2.47. The van der Waals surface area contributed by atoms with E-state index >= 15 is 0 Å². The zero-order valence-electron chi connectivity index (χ0n) is 15.4. The fourth-order valence-corrected chi connectivity index (χ4v) is 4.05. The Labute approximate surface area is 166 Å². The van der Waals surface area contributed by atoms with Crippen LogP contribution in [0, 0.1) is 28.6 Å². The van der Waals surface area contributed by atoms with Gasteiger partial charge in [-0.15, -0.1) is 0 Å². The number of nitriles is 2. The summed E-state index contributed by atoms with van der Waals surface area (Å²) in [5.41, 5.74) is 3.71. The molecular formula is C21H16N8. The van der Waals surface area contributed by atoms with E-state index in [1.807, 2.05) is 30.3 Å². The van der Waals surface area contributed by atoms with Crippen molar-refractivity contribution in [2.45, 2.75) is 24.8 Å². The van der Waals surface area contributed by atoms with Gasteiger partial charge in [0.2, 0.25) is 0 Å². The number of hydrogen-bond acceptors (Lipinski definition) is 6. The molecule has 1 fully saturated rings. The summed E-state index contributed by atoms with van der Waals surface area (Å²) in [6.07, 6.45) is 6.74. The average molecular weight is 380 g/mol. The van der Waals surface area contributed by atoms with Crippen LogP contribution in [0.15, 0.2) is 48.9 Å². The molecule has 0 aliphatic heterocycles. The third-order valence-corrected chi connectivity index (χ3v) is 5.55. The van der Waals surface area contributed by atoms with Crippen molar-refractivity contribution in [2.75, 3.05) is 0 Å². The molecule has 1 N–H and O–H groups in total. The monoisotopic (exact) mass is 380 g/mol. The zero-order chi connectivity index (χ0) is 19.8. The number of hydrogen-bond donors (Lipinski definition) is 1. The van der Waals surface area contributed by atoms with Crippen molar-refractivity contribution in [1.82, 2.24) is 30.2 Å². The summed E-state index contributed by atoms with van der Waals surface area (Å²) in [6, 6.07) is 14.3. The smallest absolute Gasteiger partial charge is 0.113 e. The van der Waals surface area contributed by atoms with E-state index < -0.39 is 5.54 Å². The van der Waals surface area contributed by atoms with Crippen molar-refractivity contribution in [3.8, 4) is 34.7 Å². The van der Waals surface area contributed by atoms with E-state index in [-0.39, 0.29) is 12.3 Å². The number of rotatable bonds is 4. The first-order valence-electron chi connectivity index (χ1n) is 9.31. The molecule has 8 heteroatoms. The molecule has 140 valence electrons. The van der Waals surface area contributed by atoms with E-state index in [9.17, 15) is 5.26 Å². The minimum absolute atomic E-state index is 0.0502. The summed E-state index contributed by atoms with van der Waals surface area (Å²) in [6.45, 7) is 0. The molecule has 0 amide bonds. The summed E-state index contributed by atoms with van der Waals surface area (Å²) in [4.78, 5) is 6.13. The lowest BCUT2D eigenvalue weighted by molar-refractivity contribution is 0.0713. The van der Waals surface area contributed by atoms with Crippen molar-refractivity contribution < 1.29 is 0 Å². The Morgan fingerprint density at radius 2 is 2.10 bits per heavy atom. The molecule has 29 heavy (non-hydrogen) atoms. The number of aromatic amines is 1. The van der Waals surface area contributed by atoms with Crippen molar-refractivity contribution in [2.24, 2.45) is 5.92 Å². The van der Waals surface area contributed by atoms with Gasteiger partial charge in [0.25, 0.3) is 0 Å². The quantitative estimate of drug-likeness (QED) is 0.579. The van der Waals surface area contributed by atoms with Gasteiger partial charge in [0.15, 0.2) is 0 Å². The van der Waals surface area contributed by atoms with Crippen LogP contribution in [0.5, 0.6) is 0 Å². The molecule has 1 aliphatic carbocycles. The minimum Gasteiger partial charge on any atom is -0.285 e. The Kier molecular flexibility index (Phi) is 3.85. The first-order chi connectivity index (χ1) is 14.2. The maximum Gasteiger partial charge on any atom is 0.113 e. The summed E-state index contributed by atoms with van der Waals surface area (Å²) >= 11 is 0. The normalized spacial score (nSPS) is 20.7. The standard InChI is InChI=1S/C21H16N8/c22-5-4-21(10-14(11-21)12-23)29-26-13-20(28-29)17-8-15(18-3-7-25-27-18)9-19-16(17)2-1-6-24-19/h1-3,6-9,13-14H,4,10-11H2,(H,25,27)/t14-,21-. The van der Waals surface area contributed by atoms with E-state index in [0.29, 0.717) is 18.5 Å². The van der Waals surface area contributed by atoms with Crippen LogP contribution in [-0.2, 0) is 5.54 Å². The number of nitrogens with zero attached hydrogens (tertiary/aromatic N) is 7. The van der Waals surface area contributed by atoms with Gasteiger partial charge in [0, 0.05) is 28.9 Å². The van der Waals surface area contributed by atoms with Gasteiger partial charge >= 0.3 is 0 Å². The largest absolute Gasteiger partial charge is 0.285 e. The number of aromatic nitrogens is 6. The number of fused-ring (bicyclic) bond motifs is 1. The highest BCUT2D eigenvalue weighted by molar-refractivity contribution is 5.96. The van der Waals surface area contributed by atoms with Crippen LogP contribution in [0.2, 0.25) is 0 Å². The lowest BCUT2D eigenvalue weighted by atomic mass is 9.68. The molecular weight excluding hydrogens is 364 g/mol. The molecule has 0 unspecified atom stereocenters. The zero-order valence-corrected chi connectivity index (χ0v) is 15.4. The molecule has 0 saturated heterocycles. The molecule has 5 rings (SSSR count). The van der Waals surface area contributed by atoms with Crippen molar-refractivity contribution in [3.63, 3.8) is 0 Å². The molecule has 0 spiro atoms. The highest BCUT2D eigenvalue weighted by atomic mass is 15.5. The maximum atomic E-state index is 9.27. The van der Waals surface area contributed by atoms with Gasteiger partial charge in [-0.1, -0.05) is 6.07 Å². The molecule has 8 nitrogen and oxygen atoms in total. The van der Waals surface area contributed by atoms with Crippen LogP contribution < -0.4 is 0 Å².